The predicted octanol–water partition coefficient (Wildman–Crippen LogP) is 2.73. The van der Waals surface area contributed by atoms with Gasteiger partial charge in [0.05, 0.1) is 7.11 Å². The van der Waals surface area contributed by atoms with E-state index in [1.165, 1.54) is 0 Å². The molecule has 0 aliphatic heterocycles. The average Bonchev–Trinajstić information content (AvgIpc) is 2.89. The van der Waals surface area contributed by atoms with Crippen molar-refractivity contribution in [1.29, 1.82) is 5.41 Å². The van der Waals surface area contributed by atoms with Crippen LogP contribution in [0.4, 0.5) is 0 Å². The summed E-state index contributed by atoms with van der Waals surface area (Å²) in [6.07, 6.45) is 1.79. The van der Waals surface area contributed by atoms with Crippen LogP contribution in [0.3, 0.4) is 0 Å². The van der Waals surface area contributed by atoms with Gasteiger partial charge in [-0.2, -0.15) is 0 Å². The van der Waals surface area contributed by atoms with E-state index < -0.39 is 0 Å². The number of thioether (sulfide) groups is 1. The van der Waals surface area contributed by atoms with Crippen molar-refractivity contribution in [3.63, 3.8) is 0 Å². The van der Waals surface area contributed by atoms with E-state index in [0.29, 0.717) is 5.56 Å². The zero-order valence-corrected chi connectivity index (χ0v) is 11.5. The topological polar surface area (TPSA) is 72.0 Å². The zero-order chi connectivity index (χ0) is 13.0. The minimum Gasteiger partial charge on any atom is -0.496 e. The Balaban J connectivity index is 2.18. The van der Waals surface area contributed by atoms with Gasteiger partial charge in [-0.15, -0.1) is 11.3 Å². The molecule has 0 amide bonds. The van der Waals surface area contributed by atoms with Gasteiger partial charge in [0.15, 0.2) is 0 Å². The van der Waals surface area contributed by atoms with E-state index in [0.717, 1.165) is 21.4 Å². The Kier molecular flexibility index (Phi) is 4.22. The van der Waals surface area contributed by atoms with Crippen molar-refractivity contribution in [2.45, 2.75) is 10.1 Å². The van der Waals surface area contributed by atoms with Gasteiger partial charge < -0.3 is 10.5 Å². The van der Waals surface area contributed by atoms with Crippen molar-refractivity contribution in [2.75, 3.05) is 7.11 Å². The lowest BCUT2D eigenvalue weighted by atomic mass is 10.1. The number of benzene rings is 1. The second-order valence-electron chi connectivity index (χ2n) is 3.53. The van der Waals surface area contributed by atoms with Crippen LogP contribution in [0.25, 0.3) is 0 Å². The second kappa shape index (κ2) is 5.88. The second-order valence-corrected chi connectivity index (χ2v) is 5.64. The largest absolute Gasteiger partial charge is 0.496 e. The number of rotatable bonds is 5. The molecule has 94 valence electrons. The summed E-state index contributed by atoms with van der Waals surface area (Å²) >= 11 is 3.26. The molecule has 0 bridgehead atoms. The molecule has 3 N–H and O–H groups in total. The third-order valence-corrected chi connectivity index (χ3v) is 4.37. The van der Waals surface area contributed by atoms with E-state index >= 15 is 0 Å². The van der Waals surface area contributed by atoms with Crippen LogP contribution >= 0.6 is 23.1 Å². The molecule has 1 heterocycles. The molecule has 6 heteroatoms. The normalized spacial score (nSPS) is 10.3. The molecule has 0 atom stereocenters. The van der Waals surface area contributed by atoms with Crippen LogP contribution in [-0.2, 0) is 5.75 Å². The van der Waals surface area contributed by atoms with Gasteiger partial charge in [-0.3, -0.25) is 5.41 Å². The highest BCUT2D eigenvalue weighted by atomic mass is 32.2. The molecule has 0 saturated heterocycles. The third kappa shape index (κ3) is 3.02. The number of thiazole rings is 1. The maximum absolute atomic E-state index is 7.45. The summed E-state index contributed by atoms with van der Waals surface area (Å²) in [4.78, 5) is 4.22. The molecule has 1 aromatic heterocycles. The Hall–Kier alpha value is -1.53. The standard InChI is InChI=1S/C12H13N3OS2/c1-16-10-3-2-8(11(13)14)6-9(10)7-18-12-15-4-5-17-12/h2-6H,7H2,1H3,(H3,13,14). The van der Waals surface area contributed by atoms with Crippen LogP contribution in [-0.4, -0.2) is 17.9 Å². The lowest BCUT2D eigenvalue weighted by molar-refractivity contribution is 0.411. The van der Waals surface area contributed by atoms with Crippen LogP contribution in [0.5, 0.6) is 5.75 Å². The van der Waals surface area contributed by atoms with Crippen LogP contribution in [0, 0.1) is 5.41 Å². The first-order valence-corrected chi connectivity index (χ1v) is 7.11. The quantitative estimate of drug-likeness (QED) is 0.501. The number of nitrogen functional groups attached to an aromatic ring is 1. The number of methoxy groups -OCH3 is 1. The van der Waals surface area contributed by atoms with Crippen molar-refractivity contribution in [3.05, 3.63) is 40.9 Å². The monoisotopic (exact) mass is 279 g/mol. The van der Waals surface area contributed by atoms with Gasteiger partial charge in [-0.25, -0.2) is 4.98 Å². The summed E-state index contributed by atoms with van der Waals surface area (Å²) in [7, 11) is 1.64. The predicted molar refractivity (Wildman–Crippen MR) is 75.7 cm³/mol. The highest BCUT2D eigenvalue weighted by molar-refractivity contribution is 8.00. The van der Waals surface area contributed by atoms with E-state index in [4.69, 9.17) is 15.9 Å². The Morgan fingerprint density at radius 3 is 3.00 bits per heavy atom. The first-order chi connectivity index (χ1) is 8.70. The molecule has 0 spiro atoms. The van der Waals surface area contributed by atoms with E-state index in [9.17, 15) is 0 Å². The number of amidine groups is 1. The Morgan fingerprint density at radius 1 is 1.56 bits per heavy atom. The molecule has 0 fully saturated rings. The van der Waals surface area contributed by atoms with Crippen molar-refractivity contribution >= 4 is 28.9 Å². The molecule has 18 heavy (non-hydrogen) atoms. The highest BCUT2D eigenvalue weighted by Gasteiger charge is 2.07. The van der Waals surface area contributed by atoms with Gasteiger partial charge in [0.1, 0.15) is 15.9 Å². The smallest absolute Gasteiger partial charge is 0.150 e. The van der Waals surface area contributed by atoms with Crippen molar-refractivity contribution in [2.24, 2.45) is 5.73 Å². The van der Waals surface area contributed by atoms with Crippen molar-refractivity contribution in [3.8, 4) is 5.75 Å². The van der Waals surface area contributed by atoms with E-state index in [2.05, 4.69) is 4.98 Å². The van der Waals surface area contributed by atoms with Gasteiger partial charge in [-0.05, 0) is 18.2 Å². The number of aromatic nitrogens is 1. The molecular formula is C12H13N3OS2. The van der Waals surface area contributed by atoms with Crippen molar-refractivity contribution < 1.29 is 4.74 Å². The zero-order valence-electron chi connectivity index (χ0n) is 9.84. The SMILES string of the molecule is COc1ccc(C(=N)N)cc1CSc1nccs1. The third-order valence-electron chi connectivity index (χ3n) is 2.35. The summed E-state index contributed by atoms with van der Waals surface area (Å²) in [5.74, 6) is 1.62. The molecule has 0 aliphatic rings. The number of nitrogens with one attached hydrogen (secondary N) is 1. The Morgan fingerprint density at radius 2 is 2.39 bits per heavy atom. The number of ether oxygens (including phenoxy) is 1. The number of nitrogens with two attached hydrogens (primary N) is 1. The summed E-state index contributed by atoms with van der Waals surface area (Å²) in [6.45, 7) is 0. The maximum atomic E-state index is 7.45. The Bertz CT molecular complexity index is 540. The lowest BCUT2D eigenvalue weighted by Gasteiger charge is -2.09. The molecule has 0 aliphatic carbocycles. The minimum absolute atomic E-state index is 0.0677. The summed E-state index contributed by atoms with van der Waals surface area (Å²) in [6, 6.07) is 5.52. The molecule has 4 nitrogen and oxygen atoms in total. The number of nitrogens with zero attached hydrogens (tertiary/aromatic N) is 1. The molecule has 2 aromatic rings. The lowest BCUT2D eigenvalue weighted by Crippen LogP contribution is -2.11. The number of hydrogen-bond acceptors (Lipinski definition) is 5. The molecule has 1 aromatic carbocycles. The summed E-state index contributed by atoms with van der Waals surface area (Å²) in [5.41, 5.74) is 7.22. The van der Waals surface area contributed by atoms with E-state index in [1.807, 2.05) is 17.5 Å². The first kappa shape index (κ1) is 12.9. The minimum atomic E-state index is 0.0677. The molecular weight excluding hydrogens is 266 g/mol. The van der Waals surface area contributed by atoms with E-state index in [-0.39, 0.29) is 5.84 Å². The van der Waals surface area contributed by atoms with Crippen LogP contribution in [0.2, 0.25) is 0 Å². The van der Waals surface area contributed by atoms with Crippen LogP contribution in [0.15, 0.2) is 34.1 Å². The fraction of sp³-hybridized carbons (Fsp3) is 0.167. The molecule has 0 saturated carbocycles. The van der Waals surface area contributed by atoms with Gasteiger partial charge in [-0.1, -0.05) is 11.8 Å². The van der Waals surface area contributed by atoms with Gasteiger partial charge in [0.2, 0.25) is 0 Å². The summed E-state index contributed by atoms with van der Waals surface area (Å²) < 4.78 is 6.33. The molecule has 0 unspecified atom stereocenters. The summed E-state index contributed by atoms with van der Waals surface area (Å²) in [5, 5.41) is 9.40. The highest BCUT2D eigenvalue weighted by Crippen LogP contribution is 2.29. The van der Waals surface area contributed by atoms with Crippen LogP contribution in [0.1, 0.15) is 11.1 Å². The van der Waals surface area contributed by atoms with Gasteiger partial charge >= 0.3 is 0 Å². The molecule has 0 radical (unpaired) electrons. The fourth-order valence-electron chi connectivity index (χ4n) is 1.48. The van der Waals surface area contributed by atoms with E-state index in [1.54, 1.807) is 42.5 Å². The number of hydrogen-bond donors (Lipinski definition) is 2. The average molecular weight is 279 g/mol. The first-order valence-electron chi connectivity index (χ1n) is 5.24. The molecule has 2 rings (SSSR count). The van der Waals surface area contributed by atoms with Crippen molar-refractivity contribution in [1.82, 2.24) is 4.98 Å². The van der Waals surface area contributed by atoms with Gasteiger partial charge in [0.25, 0.3) is 0 Å². The van der Waals surface area contributed by atoms with Gasteiger partial charge in [0, 0.05) is 28.5 Å². The fourth-order valence-corrected chi connectivity index (χ4v) is 3.10. The Labute approximate surface area is 114 Å². The maximum Gasteiger partial charge on any atom is 0.150 e. The van der Waals surface area contributed by atoms with Crippen LogP contribution < -0.4 is 10.5 Å².